The molecule has 104 valence electrons. The van der Waals surface area contributed by atoms with Gasteiger partial charge in [0.15, 0.2) is 0 Å². The number of hydrogen-bond donors (Lipinski definition) is 0. The Bertz CT molecular complexity index is 583. The fraction of sp³-hybridized carbons (Fsp3) is 0.278. The van der Waals surface area contributed by atoms with Crippen molar-refractivity contribution in [2.24, 2.45) is 0 Å². The molecule has 2 nitrogen and oxygen atoms in total. The molecule has 0 aliphatic rings. The van der Waals surface area contributed by atoms with Gasteiger partial charge in [0, 0.05) is 24.5 Å². The second-order valence-corrected chi connectivity index (χ2v) is 4.80. The third kappa shape index (κ3) is 3.70. The van der Waals surface area contributed by atoms with Crippen LogP contribution in [0.2, 0.25) is 0 Å². The van der Waals surface area contributed by atoms with E-state index in [1.54, 1.807) is 0 Å². The van der Waals surface area contributed by atoms with E-state index in [9.17, 15) is 0 Å². The van der Waals surface area contributed by atoms with Crippen LogP contribution in [0.3, 0.4) is 0 Å². The van der Waals surface area contributed by atoms with Gasteiger partial charge in [-0.05, 0) is 56.7 Å². The number of anilines is 1. The molecule has 2 heteroatoms. The van der Waals surface area contributed by atoms with E-state index in [2.05, 4.69) is 60.1 Å². The third-order valence-electron chi connectivity index (χ3n) is 3.36. The van der Waals surface area contributed by atoms with Gasteiger partial charge in [0.2, 0.25) is 0 Å². The third-order valence-corrected chi connectivity index (χ3v) is 3.36. The van der Waals surface area contributed by atoms with Crippen molar-refractivity contribution in [1.29, 1.82) is 0 Å². The van der Waals surface area contributed by atoms with Crippen LogP contribution >= 0.6 is 0 Å². The van der Waals surface area contributed by atoms with Crippen LogP contribution < -0.4 is 4.90 Å². The second-order valence-electron chi connectivity index (χ2n) is 4.80. The maximum atomic E-state index is 4.48. The first-order valence-electron chi connectivity index (χ1n) is 7.19. The number of aryl methyl sites for hydroxylation is 1. The predicted molar refractivity (Wildman–Crippen MR) is 87.9 cm³/mol. The molecule has 0 bridgehead atoms. The van der Waals surface area contributed by atoms with Crippen LogP contribution in [0.5, 0.6) is 0 Å². The summed E-state index contributed by atoms with van der Waals surface area (Å²) in [6.07, 6.45) is 4.18. The minimum Gasteiger partial charge on any atom is -0.372 e. The molecule has 0 fully saturated rings. The molecule has 2 aromatic rings. The van der Waals surface area contributed by atoms with E-state index in [1.165, 1.54) is 11.3 Å². The molecule has 0 N–H and O–H groups in total. The smallest absolute Gasteiger partial charge is 0.0633 e. The van der Waals surface area contributed by atoms with Crippen molar-refractivity contribution >= 4 is 17.8 Å². The van der Waals surface area contributed by atoms with Crippen LogP contribution in [-0.4, -0.2) is 18.1 Å². The molecule has 0 spiro atoms. The summed E-state index contributed by atoms with van der Waals surface area (Å²) in [6.45, 7) is 8.44. The van der Waals surface area contributed by atoms with Gasteiger partial charge < -0.3 is 4.90 Å². The van der Waals surface area contributed by atoms with Crippen molar-refractivity contribution in [2.45, 2.75) is 20.8 Å². The summed E-state index contributed by atoms with van der Waals surface area (Å²) < 4.78 is 0. The van der Waals surface area contributed by atoms with Crippen molar-refractivity contribution in [3.05, 3.63) is 59.4 Å². The highest BCUT2D eigenvalue weighted by Gasteiger charge is 2.01. The van der Waals surface area contributed by atoms with Crippen LogP contribution in [0, 0.1) is 6.92 Å². The van der Waals surface area contributed by atoms with E-state index >= 15 is 0 Å². The largest absolute Gasteiger partial charge is 0.372 e. The molecule has 2 rings (SSSR count). The first-order chi connectivity index (χ1) is 9.72. The molecular formula is C18H22N2. The van der Waals surface area contributed by atoms with Gasteiger partial charge in [-0.25, -0.2) is 0 Å². The Balaban J connectivity index is 2.19. The highest BCUT2D eigenvalue weighted by molar-refractivity contribution is 5.70. The molecule has 0 atom stereocenters. The van der Waals surface area contributed by atoms with Gasteiger partial charge in [-0.15, -0.1) is 0 Å². The van der Waals surface area contributed by atoms with Gasteiger partial charge in [-0.1, -0.05) is 24.3 Å². The van der Waals surface area contributed by atoms with Crippen molar-refractivity contribution in [2.75, 3.05) is 18.0 Å². The fourth-order valence-corrected chi connectivity index (χ4v) is 2.25. The van der Waals surface area contributed by atoms with Gasteiger partial charge in [0.25, 0.3) is 0 Å². The minimum absolute atomic E-state index is 0.998. The van der Waals surface area contributed by atoms with Crippen LogP contribution in [0.15, 0.2) is 42.5 Å². The summed E-state index contributed by atoms with van der Waals surface area (Å²) in [5.74, 6) is 0. The SMILES string of the molecule is CCN(CC)c1cccc(C=Cc2cccc(C)n2)c1. The molecule has 0 aliphatic heterocycles. The van der Waals surface area contributed by atoms with Crippen molar-refractivity contribution < 1.29 is 0 Å². The lowest BCUT2D eigenvalue weighted by molar-refractivity contribution is 0.866. The molecule has 0 amide bonds. The molecule has 0 aliphatic carbocycles. The molecule has 0 saturated carbocycles. The second kappa shape index (κ2) is 6.90. The predicted octanol–water partition coefficient (Wildman–Crippen LogP) is 4.41. The van der Waals surface area contributed by atoms with E-state index < -0.39 is 0 Å². The van der Waals surface area contributed by atoms with Crippen LogP contribution in [-0.2, 0) is 0 Å². The van der Waals surface area contributed by atoms with E-state index in [0.29, 0.717) is 0 Å². The van der Waals surface area contributed by atoms with Gasteiger partial charge in [0.1, 0.15) is 0 Å². The maximum absolute atomic E-state index is 4.48. The lowest BCUT2D eigenvalue weighted by atomic mass is 10.1. The number of hydrogen-bond acceptors (Lipinski definition) is 2. The zero-order valence-electron chi connectivity index (χ0n) is 12.5. The number of aromatic nitrogens is 1. The number of rotatable bonds is 5. The Morgan fingerprint density at radius 1 is 1.00 bits per heavy atom. The lowest BCUT2D eigenvalue weighted by Gasteiger charge is -2.21. The summed E-state index contributed by atoms with van der Waals surface area (Å²) in [6, 6.07) is 14.7. The first kappa shape index (κ1) is 14.3. The first-order valence-corrected chi connectivity index (χ1v) is 7.19. The Labute approximate surface area is 121 Å². The van der Waals surface area contributed by atoms with Gasteiger partial charge in [-0.2, -0.15) is 0 Å². The quantitative estimate of drug-likeness (QED) is 0.797. The van der Waals surface area contributed by atoms with Crippen LogP contribution in [0.25, 0.3) is 12.2 Å². The van der Waals surface area contributed by atoms with Crippen LogP contribution in [0.4, 0.5) is 5.69 Å². The Kier molecular flexibility index (Phi) is 4.94. The standard InChI is InChI=1S/C18H22N2/c1-4-20(5-2)18-11-7-9-16(14-18)12-13-17-10-6-8-15(3)19-17/h6-14H,4-5H2,1-3H3. The molecule has 1 aromatic heterocycles. The number of benzene rings is 1. The summed E-state index contributed by atoms with van der Waals surface area (Å²) in [4.78, 5) is 6.83. The molecule has 0 unspecified atom stereocenters. The van der Waals surface area contributed by atoms with E-state index in [4.69, 9.17) is 0 Å². The molecule has 0 saturated heterocycles. The average Bonchev–Trinajstić information content (AvgIpc) is 2.47. The Morgan fingerprint density at radius 2 is 1.75 bits per heavy atom. The number of pyridine rings is 1. The van der Waals surface area contributed by atoms with Crippen molar-refractivity contribution in [3.63, 3.8) is 0 Å². The highest BCUT2D eigenvalue weighted by Crippen LogP contribution is 2.17. The minimum atomic E-state index is 0.998. The molecule has 1 heterocycles. The van der Waals surface area contributed by atoms with E-state index in [0.717, 1.165) is 24.5 Å². The van der Waals surface area contributed by atoms with E-state index in [1.807, 2.05) is 25.1 Å². The zero-order valence-corrected chi connectivity index (χ0v) is 12.5. The monoisotopic (exact) mass is 266 g/mol. The maximum Gasteiger partial charge on any atom is 0.0633 e. The van der Waals surface area contributed by atoms with Gasteiger partial charge >= 0.3 is 0 Å². The topological polar surface area (TPSA) is 16.1 Å². The van der Waals surface area contributed by atoms with Crippen molar-refractivity contribution in [1.82, 2.24) is 4.98 Å². The fourth-order valence-electron chi connectivity index (χ4n) is 2.25. The molecular weight excluding hydrogens is 244 g/mol. The van der Waals surface area contributed by atoms with Gasteiger partial charge in [0.05, 0.1) is 5.69 Å². The number of nitrogens with zero attached hydrogens (tertiary/aromatic N) is 2. The lowest BCUT2D eigenvalue weighted by Crippen LogP contribution is -2.21. The van der Waals surface area contributed by atoms with E-state index in [-0.39, 0.29) is 0 Å². The molecule has 20 heavy (non-hydrogen) atoms. The summed E-state index contributed by atoms with van der Waals surface area (Å²) in [7, 11) is 0. The van der Waals surface area contributed by atoms with Gasteiger partial charge in [-0.3, -0.25) is 4.98 Å². The molecule has 0 radical (unpaired) electrons. The summed E-state index contributed by atoms with van der Waals surface area (Å²) in [5.41, 5.74) is 4.52. The summed E-state index contributed by atoms with van der Waals surface area (Å²) in [5, 5.41) is 0. The summed E-state index contributed by atoms with van der Waals surface area (Å²) >= 11 is 0. The average molecular weight is 266 g/mol. The Morgan fingerprint density at radius 3 is 2.45 bits per heavy atom. The molecule has 1 aromatic carbocycles. The zero-order chi connectivity index (χ0) is 14.4. The van der Waals surface area contributed by atoms with Crippen molar-refractivity contribution in [3.8, 4) is 0 Å². The highest BCUT2D eigenvalue weighted by atomic mass is 15.1. The normalized spacial score (nSPS) is 10.9. The van der Waals surface area contributed by atoms with Crippen LogP contribution in [0.1, 0.15) is 30.8 Å². The Hall–Kier alpha value is -2.09.